The fourth-order valence-corrected chi connectivity index (χ4v) is 3.27. The van der Waals surface area contributed by atoms with Crippen molar-refractivity contribution in [1.29, 1.82) is 0 Å². The van der Waals surface area contributed by atoms with Gasteiger partial charge in [-0.05, 0) is 47.4 Å². The van der Waals surface area contributed by atoms with Crippen LogP contribution in [-0.2, 0) is 25.5 Å². The summed E-state index contributed by atoms with van der Waals surface area (Å²) in [5.74, 6) is -0.847. The first-order chi connectivity index (χ1) is 14.9. The third-order valence-corrected chi connectivity index (χ3v) is 5.09. The van der Waals surface area contributed by atoms with Gasteiger partial charge in [0.25, 0.3) is 0 Å². The Hall–Kier alpha value is -3.38. The Morgan fingerprint density at radius 1 is 0.871 bits per heavy atom. The van der Waals surface area contributed by atoms with E-state index in [1.807, 2.05) is 66.7 Å². The lowest BCUT2D eigenvalue weighted by Gasteiger charge is -2.19. The van der Waals surface area contributed by atoms with Gasteiger partial charge in [0.15, 0.2) is 0 Å². The number of fused-ring (bicyclic) bond motifs is 1. The summed E-state index contributed by atoms with van der Waals surface area (Å²) in [5, 5.41) is 2.00. The van der Waals surface area contributed by atoms with Crippen LogP contribution in [0, 0.1) is 0 Å². The van der Waals surface area contributed by atoms with E-state index in [0.717, 1.165) is 27.6 Å². The van der Waals surface area contributed by atoms with Crippen LogP contribution < -0.4 is 10.5 Å². The average Bonchev–Trinajstić information content (AvgIpc) is 2.78. The smallest absolute Gasteiger partial charge is 0.326 e. The van der Waals surface area contributed by atoms with Gasteiger partial charge in [0, 0.05) is 6.92 Å². The molecule has 2 N–H and O–H groups in total. The Morgan fingerprint density at radius 3 is 2.23 bits per heavy atom. The first-order valence-electron chi connectivity index (χ1n) is 10.2. The minimum Gasteiger partial charge on any atom is -0.497 e. The largest absolute Gasteiger partial charge is 0.497 e. The molecule has 0 saturated heterocycles. The molecule has 0 heterocycles. The Bertz CT molecular complexity index is 1050. The van der Waals surface area contributed by atoms with Gasteiger partial charge < -0.3 is 19.9 Å². The van der Waals surface area contributed by atoms with Gasteiger partial charge in [-0.15, -0.1) is 0 Å². The quantitative estimate of drug-likeness (QED) is 0.438. The molecule has 0 spiro atoms. The summed E-state index contributed by atoms with van der Waals surface area (Å²) in [4.78, 5) is 24.8. The van der Waals surface area contributed by atoms with E-state index in [4.69, 9.17) is 19.9 Å². The molecular weight excluding hydrogens is 394 g/mol. The number of hydrogen-bond acceptors (Lipinski definition) is 6. The van der Waals surface area contributed by atoms with Crippen LogP contribution in [0.15, 0.2) is 66.7 Å². The fourth-order valence-electron chi connectivity index (χ4n) is 3.27. The standard InChI is InChI=1S/C25H27NO5/c1-16(19-9-10-21-15-22(29-3)12-11-20(21)14-19)24(27)30-17(2)31-25(28)23(26)13-18-7-5-4-6-8-18/h4-12,14-17,23H,13,26H2,1-3H3/t16?,17?,23-/m0/s1. The Kier molecular flexibility index (Phi) is 7.26. The van der Waals surface area contributed by atoms with Crippen LogP contribution in [0.2, 0.25) is 0 Å². The van der Waals surface area contributed by atoms with Crippen LogP contribution in [0.4, 0.5) is 0 Å². The van der Waals surface area contributed by atoms with Gasteiger partial charge in [-0.1, -0.05) is 54.6 Å². The zero-order valence-electron chi connectivity index (χ0n) is 17.9. The second-order valence-corrected chi connectivity index (χ2v) is 7.43. The second-order valence-electron chi connectivity index (χ2n) is 7.43. The van der Waals surface area contributed by atoms with Gasteiger partial charge in [-0.25, -0.2) is 0 Å². The molecule has 0 amide bonds. The number of nitrogens with two attached hydrogens (primary N) is 1. The molecule has 3 aromatic carbocycles. The number of hydrogen-bond donors (Lipinski definition) is 1. The maximum Gasteiger partial charge on any atom is 0.326 e. The summed E-state index contributed by atoms with van der Waals surface area (Å²) in [6, 6.07) is 20.1. The minimum absolute atomic E-state index is 0.346. The molecule has 0 radical (unpaired) electrons. The van der Waals surface area contributed by atoms with Gasteiger partial charge in [-0.3, -0.25) is 9.59 Å². The third kappa shape index (κ3) is 5.83. The predicted octanol–water partition coefficient (Wildman–Crippen LogP) is 3.95. The van der Waals surface area contributed by atoms with Crippen molar-refractivity contribution in [3.63, 3.8) is 0 Å². The Morgan fingerprint density at radius 2 is 1.52 bits per heavy atom. The highest BCUT2D eigenvalue weighted by molar-refractivity contribution is 5.87. The Labute approximate surface area is 181 Å². The van der Waals surface area contributed by atoms with Crippen molar-refractivity contribution in [1.82, 2.24) is 0 Å². The summed E-state index contributed by atoms with van der Waals surface area (Å²) >= 11 is 0. The molecular formula is C25H27NO5. The van der Waals surface area contributed by atoms with Gasteiger partial charge in [0.2, 0.25) is 6.29 Å². The number of methoxy groups -OCH3 is 1. The monoisotopic (exact) mass is 421 g/mol. The van der Waals surface area contributed by atoms with Crippen molar-refractivity contribution in [2.24, 2.45) is 5.73 Å². The molecule has 0 aliphatic rings. The van der Waals surface area contributed by atoms with Crippen LogP contribution >= 0.6 is 0 Å². The highest BCUT2D eigenvalue weighted by atomic mass is 16.7. The van der Waals surface area contributed by atoms with Crippen molar-refractivity contribution < 1.29 is 23.8 Å². The summed E-state index contributed by atoms with van der Waals surface area (Å²) in [7, 11) is 1.62. The molecule has 162 valence electrons. The molecule has 3 atom stereocenters. The topological polar surface area (TPSA) is 87.9 Å². The highest BCUT2D eigenvalue weighted by Crippen LogP contribution is 2.26. The van der Waals surface area contributed by atoms with Gasteiger partial charge >= 0.3 is 11.9 Å². The molecule has 31 heavy (non-hydrogen) atoms. The minimum atomic E-state index is -1.03. The summed E-state index contributed by atoms with van der Waals surface area (Å²) in [5.41, 5.74) is 7.67. The first-order valence-corrected chi connectivity index (χ1v) is 10.2. The average molecular weight is 421 g/mol. The highest BCUT2D eigenvalue weighted by Gasteiger charge is 2.24. The second kappa shape index (κ2) is 10.1. The molecule has 3 rings (SSSR count). The molecule has 2 unspecified atom stereocenters. The summed E-state index contributed by atoms with van der Waals surface area (Å²) in [6.07, 6.45) is -0.687. The van der Waals surface area contributed by atoms with Crippen molar-refractivity contribution in [3.8, 4) is 5.75 Å². The van der Waals surface area contributed by atoms with Crippen molar-refractivity contribution in [2.45, 2.75) is 38.5 Å². The van der Waals surface area contributed by atoms with E-state index < -0.39 is 30.2 Å². The van der Waals surface area contributed by atoms with Crippen LogP contribution in [0.5, 0.6) is 5.75 Å². The maximum atomic E-state index is 12.6. The number of benzene rings is 3. The molecule has 6 heteroatoms. The maximum absolute atomic E-state index is 12.6. The molecule has 0 aliphatic carbocycles. The lowest BCUT2D eigenvalue weighted by atomic mass is 9.98. The number of esters is 2. The van der Waals surface area contributed by atoms with Crippen molar-refractivity contribution >= 4 is 22.7 Å². The fraction of sp³-hybridized carbons (Fsp3) is 0.280. The predicted molar refractivity (Wildman–Crippen MR) is 119 cm³/mol. The van der Waals surface area contributed by atoms with Crippen LogP contribution in [0.25, 0.3) is 10.8 Å². The van der Waals surface area contributed by atoms with Gasteiger partial charge in [0.1, 0.15) is 11.8 Å². The van der Waals surface area contributed by atoms with E-state index in [2.05, 4.69) is 0 Å². The molecule has 0 saturated carbocycles. The molecule has 3 aromatic rings. The summed E-state index contributed by atoms with van der Waals surface area (Å²) in [6.45, 7) is 3.26. The number of carbonyl (C=O) groups excluding carboxylic acids is 2. The zero-order chi connectivity index (χ0) is 22.4. The van der Waals surface area contributed by atoms with Crippen molar-refractivity contribution in [3.05, 3.63) is 77.9 Å². The van der Waals surface area contributed by atoms with E-state index >= 15 is 0 Å². The third-order valence-electron chi connectivity index (χ3n) is 5.09. The normalized spacial score (nSPS) is 13.8. The van der Waals surface area contributed by atoms with Gasteiger partial charge in [-0.2, -0.15) is 0 Å². The van der Waals surface area contributed by atoms with E-state index in [1.165, 1.54) is 6.92 Å². The van der Waals surface area contributed by atoms with Crippen LogP contribution in [0.1, 0.15) is 30.9 Å². The molecule has 0 fully saturated rings. The van der Waals surface area contributed by atoms with E-state index in [1.54, 1.807) is 14.0 Å². The van der Waals surface area contributed by atoms with E-state index in [0.29, 0.717) is 6.42 Å². The lowest BCUT2D eigenvalue weighted by Crippen LogP contribution is -2.37. The Balaban J connectivity index is 1.57. The lowest BCUT2D eigenvalue weighted by molar-refractivity contribution is -0.186. The molecule has 0 bridgehead atoms. The van der Waals surface area contributed by atoms with Crippen molar-refractivity contribution in [2.75, 3.05) is 7.11 Å². The van der Waals surface area contributed by atoms with E-state index in [9.17, 15) is 9.59 Å². The van der Waals surface area contributed by atoms with Crippen LogP contribution in [-0.4, -0.2) is 31.4 Å². The SMILES string of the molecule is COc1ccc2cc(C(C)C(=O)OC(C)OC(=O)[C@@H](N)Cc3ccccc3)ccc2c1. The molecule has 6 nitrogen and oxygen atoms in total. The number of rotatable bonds is 8. The molecule has 0 aliphatic heterocycles. The van der Waals surface area contributed by atoms with Gasteiger partial charge in [0.05, 0.1) is 13.0 Å². The zero-order valence-corrected chi connectivity index (χ0v) is 17.9. The van der Waals surface area contributed by atoms with E-state index in [-0.39, 0.29) is 0 Å². The molecule has 0 aromatic heterocycles. The summed E-state index contributed by atoms with van der Waals surface area (Å²) < 4.78 is 15.8. The van der Waals surface area contributed by atoms with Crippen LogP contribution in [0.3, 0.4) is 0 Å². The first kappa shape index (κ1) is 22.3. The number of ether oxygens (including phenoxy) is 3. The number of carbonyl (C=O) groups is 2.